The number of carbonyl (C=O) groups excluding carboxylic acids is 1. The molecule has 0 unspecified atom stereocenters. The maximum Gasteiger partial charge on any atom is 0.328 e. The van der Waals surface area contributed by atoms with Crippen molar-refractivity contribution in [3.8, 4) is 0 Å². The zero-order valence-corrected chi connectivity index (χ0v) is 13.5. The van der Waals surface area contributed by atoms with Crippen molar-refractivity contribution in [2.45, 2.75) is 12.8 Å². The molecule has 124 valence electrons. The molecular weight excluding hydrogens is 309 g/mol. The normalized spacial score (nSPS) is 11.0. The Kier molecular flexibility index (Phi) is 4.20. The van der Waals surface area contributed by atoms with Gasteiger partial charge in [-0.3, -0.25) is 13.9 Å². The number of carbonyl (C=O) groups is 1. The fourth-order valence-electron chi connectivity index (χ4n) is 2.76. The van der Waals surface area contributed by atoms with E-state index < -0.39 is 0 Å². The van der Waals surface area contributed by atoms with E-state index in [4.69, 9.17) is 0 Å². The number of nitrogens with one attached hydrogen (secondary N) is 1. The summed E-state index contributed by atoms with van der Waals surface area (Å²) in [7, 11) is 3.40. The van der Waals surface area contributed by atoms with Crippen molar-refractivity contribution < 1.29 is 9.18 Å². The summed E-state index contributed by atoms with van der Waals surface area (Å²) in [5, 5.41) is 2.82. The van der Waals surface area contributed by atoms with E-state index in [2.05, 4.69) is 5.32 Å². The van der Waals surface area contributed by atoms with E-state index in [9.17, 15) is 14.0 Å². The summed E-state index contributed by atoms with van der Waals surface area (Å²) in [4.78, 5) is 24.0. The molecule has 1 N–H and O–H groups in total. The molecule has 2 aromatic carbocycles. The molecule has 5 nitrogen and oxygen atoms in total. The van der Waals surface area contributed by atoms with Crippen molar-refractivity contribution in [3.05, 3.63) is 64.3 Å². The van der Waals surface area contributed by atoms with Crippen molar-refractivity contribution in [1.82, 2.24) is 9.13 Å². The van der Waals surface area contributed by atoms with Gasteiger partial charge >= 0.3 is 5.69 Å². The monoisotopic (exact) mass is 327 g/mol. The molecule has 1 heterocycles. The molecule has 0 saturated carbocycles. The van der Waals surface area contributed by atoms with Crippen LogP contribution in [0.25, 0.3) is 11.0 Å². The summed E-state index contributed by atoms with van der Waals surface area (Å²) in [6, 6.07) is 11.6. The standard InChI is InChI=1S/C18H18FN3O2/c1-21-15-8-7-14(11-16(15)22(2)18(21)24)20-17(23)9-6-12-4-3-5-13(19)10-12/h3-5,7-8,10-11H,6,9H2,1-2H3,(H,20,23). The van der Waals surface area contributed by atoms with Gasteiger partial charge in [0.05, 0.1) is 11.0 Å². The van der Waals surface area contributed by atoms with Crippen molar-refractivity contribution >= 4 is 22.6 Å². The predicted octanol–water partition coefficient (Wildman–Crippen LogP) is 2.59. The molecule has 6 heteroatoms. The van der Waals surface area contributed by atoms with Crippen LogP contribution in [0.2, 0.25) is 0 Å². The van der Waals surface area contributed by atoms with E-state index in [1.807, 2.05) is 0 Å². The highest BCUT2D eigenvalue weighted by atomic mass is 19.1. The predicted molar refractivity (Wildman–Crippen MR) is 91.5 cm³/mol. The van der Waals surface area contributed by atoms with E-state index in [0.717, 1.165) is 16.6 Å². The first-order valence-corrected chi connectivity index (χ1v) is 7.65. The van der Waals surface area contributed by atoms with Gasteiger partial charge in [0.15, 0.2) is 0 Å². The number of anilines is 1. The van der Waals surface area contributed by atoms with Gasteiger partial charge in [-0.05, 0) is 42.3 Å². The Morgan fingerprint density at radius 1 is 1.08 bits per heavy atom. The Bertz CT molecular complexity index is 972. The topological polar surface area (TPSA) is 56.0 Å². The van der Waals surface area contributed by atoms with Crippen LogP contribution in [-0.2, 0) is 25.3 Å². The molecule has 0 aliphatic heterocycles. The van der Waals surface area contributed by atoms with Crippen LogP contribution in [0.15, 0.2) is 47.3 Å². The number of aryl methyl sites for hydroxylation is 3. The number of nitrogens with zero attached hydrogens (tertiary/aromatic N) is 2. The zero-order valence-electron chi connectivity index (χ0n) is 13.5. The highest BCUT2D eigenvalue weighted by Gasteiger charge is 2.09. The number of imidazole rings is 1. The summed E-state index contributed by atoms with van der Waals surface area (Å²) in [6.07, 6.45) is 0.727. The molecular formula is C18H18FN3O2. The Morgan fingerprint density at radius 2 is 1.83 bits per heavy atom. The first kappa shape index (κ1) is 16.0. The average molecular weight is 327 g/mol. The fraction of sp³-hybridized carbons (Fsp3) is 0.222. The van der Waals surface area contributed by atoms with Gasteiger partial charge in [-0.15, -0.1) is 0 Å². The highest BCUT2D eigenvalue weighted by molar-refractivity contribution is 5.93. The molecule has 1 amide bonds. The van der Waals surface area contributed by atoms with Crippen molar-refractivity contribution in [3.63, 3.8) is 0 Å². The van der Waals surface area contributed by atoms with E-state index in [0.29, 0.717) is 12.1 Å². The Labute approximate surface area is 138 Å². The van der Waals surface area contributed by atoms with Crippen LogP contribution in [0, 0.1) is 5.82 Å². The molecule has 1 aromatic heterocycles. The maximum absolute atomic E-state index is 13.1. The third-order valence-electron chi connectivity index (χ3n) is 4.09. The molecule has 3 aromatic rings. The van der Waals surface area contributed by atoms with Crippen LogP contribution in [0.3, 0.4) is 0 Å². The van der Waals surface area contributed by atoms with Gasteiger partial charge in [0.25, 0.3) is 0 Å². The second-order valence-electron chi connectivity index (χ2n) is 5.78. The van der Waals surface area contributed by atoms with Gasteiger partial charge < -0.3 is 5.32 Å². The lowest BCUT2D eigenvalue weighted by Gasteiger charge is -2.06. The first-order valence-electron chi connectivity index (χ1n) is 7.65. The zero-order chi connectivity index (χ0) is 17.3. The Morgan fingerprint density at radius 3 is 2.58 bits per heavy atom. The molecule has 0 aliphatic carbocycles. The van der Waals surface area contributed by atoms with Crippen LogP contribution in [-0.4, -0.2) is 15.0 Å². The van der Waals surface area contributed by atoms with Crippen molar-refractivity contribution in [1.29, 1.82) is 0 Å². The molecule has 0 fully saturated rings. The number of rotatable bonds is 4. The molecule has 0 bridgehead atoms. The SMILES string of the molecule is Cn1c(=O)n(C)c2cc(NC(=O)CCc3cccc(F)c3)ccc21. The fourth-order valence-corrected chi connectivity index (χ4v) is 2.76. The highest BCUT2D eigenvalue weighted by Crippen LogP contribution is 2.18. The van der Waals surface area contributed by atoms with Crippen LogP contribution >= 0.6 is 0 Å². The summed E-state index contributed by atoms with van der Waals surface area (Å²) < 4.78 is 16.2. The van der Waals surface area contributed by atoms with Gasteiger partial charge in [-0.2, -0.15) is 0 Å². The number of halogens is 1. The molecule has 3 rings (SSSR count). The minimum absolute atomic E-state index is 0.111. The number of fused-ring (bicyclic) bond motifs is 1. The summed E-state index contributed by atoms with van der Waals surface area (Å²) >= 11 is 0. The number of hydrogen-bond donors (Lipinski definition) is 1. The average Bonchev–Trinajstić information content (AvgIpc) is 2.77. The van der Waals surface area contributed by atoms with Crippen LogP contribution in [0.1, 0.15) is 12.0 Å². The number of hydrogen-bond acceptors (Lipinski definition) is 2. The summed E-state index contributed by atoms with van der Waals surface area (Å²) in [5.74, 6) is -0.456. The molecule has 0 radical (unpaired) electrons. The third kappa shape index (κ3) is 3.08. The number of amides is 1. The van der Waals surface area contributed by atoms with Gasteiger partial charge in [0, 0.05) is 26.2 Å². The van der Waals surface area contributed by atoms with E-state index >= 15 is 0 Å². The van der Waals surface area contributed by atoms with Gasteiger partial charge in [0.1, 0.15) is 5.82 Å². The van der Waals surface area contributed by atoms with Gasteiger partial charge in [0.2, 0.25) is 5.91 Å². The third-order valence-corrected chi connectivity index (χ3v) is 4.09. The lowest BCUT2D eigenvalue weighted by molar-refractivity contribution is -0.116. The number of aromatic nitrogens is 2. The van der Waals surface area contributed by atoms with Crippen molar-refractivity contribution in [2.75, 3.05) is 5.32 Å². The molecule has 0 spiro atoms. The van der Waals surface area contributed by atoms with Crippen LogP contribution in [0.5, 0.6) is 0 Å². The second-order valence-corrected chi connectivity index (χ2v) is 5.78. The van der Waals surface area contributed by atoms with E-state index in [1.165, 1.54) is 16.7 Å². The smallest absolute Gasteiger partial charge is 0.326 e. The lowest BCUT2D eigenvalue weighted by Crippen LogP contribution is -2.19. The lowest BCUT2D eigenvalue weighted by atomic mass is 10.1. The summed E-state index contributed by atoms with van der Waals surface area (Å²) in [6.45, 7) is 0. The minimum atomic E-state index is -0.302. The Balaban J connectivity index is 1.71. The molecule has 0 saturated heterocycles. The first-order chi connectivity index (χ1) is 11.5. The van der Waals surface area contributed by atoms with Crippen molar-refractivity contribution in [2.24, 2.45) is 14.1 Å². The van der Waals surface area contributed by atoms with Gasteiger partial charge in [-0.25, -0.2) is 9.18 Å². The number of benzene rings is 2. The largest absolute Gasteiger partial charge is 0.328 e. The van der Waals surface area contributed by atoms with Gasteiger partial charge in [-0.1, -0.05) is 12.1 Å². The molecule has 0 atom stereocenters. The second kappa shape index (κ2) is 6.31. The maximum atomic E-state index is 13.1. The van der Waals surface area contributed by atoms with Crippen LogP contribution in [0.4, 0.5) is 10.1 Å². The summed E-state index contributed by atoms with van der Waals surface area (Å²) in [5.41, 5.74) is 2.87. The van der Waals surface area contributed by atoms with E-state index in [1.54, 1.807) is 49.0 Å². The van der Waals surface area contributed by atoms with E-state index in [-0.39, 0.29) is 23.8 Å². The Hall–Kier alpha value is -2.89. The molecule has 0 aliphatic rings. The van der Waals surface area contributed by atoms with Crippen LogP contribution < -0.4 is 11.0 Å². The quantitative estimate of drug-likeness (QED) is 0.801. The molecule has 24 heavy (non-hydrogen) atoms. The minimum Gasteiger partial charge on any atom is -0.326 e.